The first-order valence-corrected chi connectivity index (χ1v) is 5.21. The van der Waals surface area contributed by atoms with E-state index >= 15 is 0 Å². The van der Waals surface area contributed by atoms with Crippen LogP contribution < -0.4 is 0 Å². The first-order valence-electron chi connectivity index (χ1n) is 4.83. The second kappa shape index (κ2) is 3.15. The molecule has 0 saturated carbocycles. The van der Waals surface area contributed by atoms with Crippen LogP contribution in [-0.2, 0) is 0 Å². The fourth-order valence-corrected chi connectivity index (χ4v) is 2.21. The van der Waals surface area contributed by atoms with Gasteiger partial charge in [-0.1, -0.05) is 22.8 Å². The molecule has 1 aliphatic heterocycles. The molecule has 4 nitrogen and oxygen atoms in total. The van der Waals surface area contributed by atoms with E-state index in [0.29, 0.717) is 34.2 Å². The maximum Gasteiger partial charge on any atom is 0.283 e. The van der Waals surface area contributed by atoms with Crippen molar-refractivity contribution in [1.82, 2.24) is 5.16 Å². The molecule has 0 radical (unpaired) electrons. The monoisotopic (exact) mass is 234 g/mol. The van der Waals surface area contributed by atoms with Crippen LogP contribution in [0, 0.1) is 6.92 Å². The van der Waals surface area contributed by atoms with E-state index in [1.54, 1.807) is 13.0 Å². The lowest BCUT2D eigenvalue weighted by Crippen LogP contribution is -2.17. The topological polar surface area (TPSA) is 55.5 Å². The minimum absolute atomic E-state index is 0.299. The van der Waals surface area contributed by atoms with E-state index in [4.69, 9.17) is 16.1 Å². The number of nitrogens with zero attached hydrogens (tertiary/aromatic N) is 2. The summed E-state index contributed by atoms with van der Waals surface area (Å²) in [4.78, 5) is 15.8. The van der Waals surface area contributed by atoms with Gasteiger partial charge in [0.25, 0.3) is 5.91 Å². The number of aromatic nitrogens is 1. The first-order chi connectivity index (χ1) is 7.68. The Morgan fingerprint density at radius 1 is 1.50 bits per heavy atom. The number of amides is 1. The van der Waals surface area contributed by atoms with E-state index in [-0.39, 0.29) is 5.91 Å². The zero-order valence-corrected chi connectivity index (χ0v) is 9.21. The molecule has 0 saturated heterocycles. The second-order valence-electron chi connectivity index (χ2n) is 3.66. The SMILES string of the molecule is Cc1onc2c1C(=O)N=C1CC=CC(Cl)=C12. The molecule has 80 valence electrons. The van der Waals surface area contributed by atoms with Crippen molar-refractivity contribution in [1.29, 1.82) is 0 Å². The molecule has 1 amide bonds. The highest BCUT2D eigenvalue weighted by Gasteiger charge is 2.32. The van der Waals surface area contributed by atoms with Gasteiger partial charge in [-0.25, -0.2) is 4.99 Å². The zero-order valence-electron chi connectivity index (χ0n) is 8.45. The Morgan fingerprint density at radius 3 is 3.12 bits per heavy atom. The van der Waals surface area contributed by atoms with Crippen LogP contribution >= 0.6 is 11.6 Å². The highest BCUT2D eigenvalue weighted by atomic mass is 35.5. The largest absolute Gasteiger partial charge is 0.360 e. The molecule has 0 fully saturated rings. The number of halogens is 1. The Bertz CT molecular complexity index is 593. The minimum Gasteiger partial charge on any atom is -0.360 e. The third kappa shape index (κ3) is 1.13. The first kappa shape index (κ1) is 9.54. The van der Waals surface area contributed by atoms with Crippen molar-refractivity contribution in [3.8, 4) is 0 Å². The lowest BCUT2D eigenvalue weighted by Gasteiger charge is -2.16. The van der Waals surface area contributed by atoms with Crippen LogP contribution in [0.4, 0.5) is 0 Å². The van der Waals surface area contributed by atoms with E-state index < -0.39 is 0 Å². The number of hydrogen-bond acceptors (Lipinski definition) is 3. The summed E-state index contributed by atoms with van der Waals surface area (Å²) in [6, 6.07) is 0. The molecule has 1 aliphatic carbocycles. The summed E-state index contributed by atoms with van der Waals surface area (Å²) in [5.74, 6) is 0.182. The number of carbonyl (C=O) groups is 1. The number of aryl methyl sites for hydroxylation is 1. The number of allylic oxidation sites excluding steroid dienone is 4. The molecule has 0 aromatic carbocycles. The summed E-state index contributed by atoms with van der Waals surface area (Å²) in [5, 5.41) is 4.44. The third-order valence-electron chi connectivity index (χ3n) is 2.65. The third-order valence-corrected chi connectivity index (χ3v) is 2.97. The molecule has 2 aliphatic rings. The molecular weight excluding hydrogens is 228 g/mol. The summed E-state index contributed by atoms with van der Waals surface area (Å²) < 4.78 is 5.02. The van der Waals surface area contributed by atoms with Crippen molar-refractivity contribution < 1.29 is 9.32 Å². The summed E-state index contributed by atoms with van der Waals surface area (Å²) in [5.41, 5.74) is 2.32. The van der Waals surface area contributed by atoms with Crippen molar-refractivity contribution in [2.24, 2.45) is 4.99 Å². The summed E-state index contributed by atoms with van der Waals surface area (Å²) in [6.07, 6.45) is 4.26. The Labute approximate surface area is 96.3 Å². The van der Waals surface area contributed by atoms with Crippen LogP contribution in [-0.4, -0.2) is 16.8 Å². The van der Waals surface area contributed by atoms with Crippen LogP contribution in [0.5, 0.6) is 0 Å². The average Bonchev–Trinajstić information content (AvgIpc) is 2.61. The Hall–Kier alpha value is -1.68. The Kier molecular flexibility index (Phi) is 1.88. The number of aliphatic imine (C=N–C) groups is 1. The summed E-state index contributed by atoms with van der Waals surface area (Å²) in [6.45, 7) is 1.69. The minimum atomic E-state index is -0.299. The lowest BCUT2D eigenvalue weighted by atomic mass is 9.93. The number of fused-ring (bicyclic) bond motifs is 3. The average molecular weight is 235 g/mol. The van der Waals surface area contributed by atoms with Gasteiger partial charge in [-0.2, -0.15) is 0 Å². The smallest absolute Gasteiger partial charge is 0.283 e. The van der Waals surface area contributed by atoms with Gasteiger partial charge in [-0.05, 0) is 13.0 Å². The number of carbonyl (C=O) groups excluding carboxylic acids is 1. The van der Waals surface area contributed by atoms with Gasteiger partial charge in [0.2, 0.25) is 0 Å². The van der Waals surface area contributed by atoms with Crippen LogP contribution in [0.3, 0.4) is 0 Å². The van der Waals surface area contributed by atoms with E-state index in [1.165, 1.54) is 0 Å². The highest BCUT2D eigenvalue weighted by Crippen LogP contribution is 2.35. The predicted octanol–water partition coefficient (Wildman–Crippen LogP) is 2.49. The fraction of sp³-hybridized carbons (Fsp3) is 0.182. The fourth-order valence-electron chi connectivity index (χ4n) is 1.92. The van der Waals surface area contributed by atoms with Gasteiger partial charge in [0.1, 0.15) is 17.0 Å². The maximum absolute atomic E-state index is 11.8. The van der Waals surface area contributed by atoms with Crippen LogP contribution in [0.1, 0.15) is 28.2 Å². The molecule has 16 heavy (non-hydrogen) atoms. The van der Waals surface area contributed by atoms with Gasteiger partial charge >= 0.3 is 0 Å². The van der Waals surface area contributed by atoms with Crippen molar-refractivity contribution in [2.45, 2.75) is 13.3 Å². The molecule has 0 atom stereocenters. The van der Waals surface area contributed by atoms with Crippen molar-refractivity contribution >= 4 is 28.8 Å². The molecule has 1 aromatic rings. The van der Waals surface area contributed by atoms with Gasteiger partial charge in [0.15, 0.2) is 0 Å². The molecular formula is C11H7ClN2O2. The number of hydrogen-bond donors (Lipinski definition) is 0. The van der Waals surface area contributed by atoms with E-state index in [2.05, 4.69) is 10.1 Å². The predicted molar refractivity (Wildman–Crippen MR) is 59.5 cm³/mol. The molecule has 5 heteroatoms. The summed E-state index contributed by atoms with van der Waals surface area (Å²) in [7, 11) is 0. The second-order valence-corrected chi connectivity index (χ2v) is 4.06. The lowest BCUT2D eigenvalue weighted by molar-refractivity contribution is 0.100. The Balaban J connectivity index is 2.35. The van der Waals surface area contributed by atoms with Crippen molar-refractivity contribution in [3.63, 3.8) is 0 Å². The molecule has 0 spiro atoms. The van der Waals surface area contributed by atoms with Gasteiger partial charge in [0.05, 0.1) is 10.7 Å². The van der Waals surface area contributed by atoms with Crippen molar-refractivity contribution in [3.05, 3.63) is 34.2 Å². The van der Waals surface area contributed by atoms with Gasteiger partial charge in [0, 0.05) is 12.0 Å². The van der Waals surface area contributed by atoms with E-state index in [9.17, 15) is 4.79 Å². The molecule has 0 N–H and O–H groups in total. The zero-order chi connectivity index (χ0) is 11.3. The van der Waals surface area contributed by atoms with E-state index in [1.807, 2.05) is 6.08 Å². The van der Waals surface area contributed by atoms with Crippen LogP contribution in [0.2, 0.25) is 0 Å². The highest BCUT2D eigenvalue weighted by molar-refractivity contribution is 6.44. The van der Waals surface area contributed by atoms with Gasteiger partial charge in [-0.15, -0.1) is 0 Å². The molecule has 0 bridgehead atoms. The van der Waals surface area contributed by atoms with Crippen molar-refractivity contribution in [2.75, 3.05) is 0 Å². The quantitative estimate of drug-likeness (QED) is 0.693. The van der Waals surface area contributed by atoms with E-state index in [0.717, 1.165) is 5.57 Å². The van der Waals surface area contributed by atoms with Gasteiger partial charge < -0.3 is 4.52 Å². The molecule has 3 rings (SSSR count). The normalized spacial score (nSPS) is 18.4. The van der Waals surface area contributed by atoms with Gasteiger partial charge in [-0.3, -0.25) is 4.79 Å². The number of rotatable bonds is 0. The standard InChI is InChI=1S/C11H7ClN2O2/c1-5-8-10(14-16-5)9-6(12)3-2-4-7(9)13-11(8)15/h2-3H,4H2,1H3. The molecule has 1 aromatic heterocycles. The molecule has 2 heterocycles. The molecule has 0 unspecified atom stereocenters. The summed E-state index contributed by atoms with van der Waals surface area (Å²) >= 11 is 6.09. The Morgan fingerprint density at radius 2 is 2.31 bits per heavy atom. The maximum atomic E-state index is 11.8. The van der Waals surface area contributed by atoms with Crippen LogP contribution in [0.15, 0.2) is 26.7 Å². The van der Waals surface area contributed by atoms with Crippen LogP contribution in [0.25, 0.3) is 5.57 Å².